The standard InChI is InChI=1S/C15H20N2O/c1-5-12-13(15(2,3)4)16-17(14(12)18)11-9-7-6-8-10-11/h6-10,18H,5H2,1-4H3. The summed E-state index contributed by atoms with van der Waals surface area (Å²) in [5.74, 6) is 0.258. The fraction of sp³-hybridized carbons (Fsp3) is 0.400. The number of aromatic hydroxyl groups is 1. The largest absolute Gasteiger partial charge is 0.493 e. The van der Waals surface area contributed by atoms with Crippen LogP contribution in [0.3, 0.4) is 0 Å². The quantitative estimate of drug-likeness (QED) is 0.878. The number of nitrogens with zero attached hydrogens (tertiary/aromatic N) is 2. The Hall–Kier alpha value is -1.77. The van der Waals surface area contributed by atoms with Crippen molar-refractivity contribution >= 4 is 0 Å². The number of hydrogen-bond acceptors (Lipinski definition) is 2. The van der Waals surface area contributed by atoms with Crippen LogP contribution >= 0.6 is 0 Å². The number of rotatable bonds is 2. The van der Waals surface area contributed by atoms with E-state index >= 15 is 0 Å². The van der Waals surface area contributed by atoms with E-state index < -0.39 is 0 Å². The molecule has 0 bridgehead atoms. The Morgan fingerprint density at radius 2 is 1.78 bits per heavy atom. The molecular weight excluding hydrogens is 224 g/mol. The third-order valence-electron chi connectivity index (χ3n) is 3.02. The second-order valence-electron chi connectivity index (χ2n) is 5.50. The summed E-state index contributed by atoms with van der Waals surface area (Å²) in [5.41, 5.74) is 2.72. The minimum Gasteiger partial charge on any atom is -0.493 e. The lowest BCUT2D eigenvalue weighted by Crippen LogP contribution is -2.14. The molecule has 1 heterocycles. The second-order valence-corrected chi connectivity index (χ2v) is 5.50. The highest BCUT2D eigenvalue weighted by molar-refractivity contribution is 5.42. The Labute approximate surface area is 108 Å². The number of benzene rings is 1. The molecule has 2 aromatic rings. The lowest BCUT2D eigenvalue weighted by molar-refractivity contribution is 0.428. The van der Waals surface area contributed by atoms with Gasteiger partial charge in [-0.15, -0.1) is 0 Å². The molecule has 1 aromatic carbocycles. The summed E-state index contributed by atoms with van der Waals surface area (Å²) >= 11 is 0. The van der Waals surface area contributed by atoms with Crippen LogP contribution in [0.15, 0.2) is 30.3 Å². The van der Waals surface area contributed by atoms with Gasteiger partial charge < -0.3 is 5.11 Å². The zero-order valence-electron chi connectivity index (χ0n) is 11.4. The van der Waals surface area contributed by atoms with Gasteiger partial charge in [0.25, 0.3) is 0 Å². The third-order valence-corrected chi connectivity index (χ3v) is 3.02. The molecule has 0 fully saturated rings. The van der Waals surface area contributed by atoms with E-state index in [1.807, 2.05) is 37.3 Å². The van der Waals surface area contributed by atoms with Gasteiger partial charge in [0.2, 0.25) is 5.88 Å². The smallest absolute Gasteiger partial charge is 0.217 e. The fourth-order valence-corrected chi connectivity index (χ4v) is 2.12. The van der Waals surface area contributed by atoms with Crippen LogP contribution in [0.4, 0.5) is 0 Å². The Bertz CT molecular complexity index is 536. The van der Waals surface area contributed by atoms with E-state index in [9.17, 15) is 5.11 Å². The van der Waals surface area contributed by atoms with Gasteiger partial charge in [0.05, 0.1) is 11.4 Å². The van der Waals surface area contributed by atoms with E-state index in [1.54, 1.807) is 4.68 Å². The molecule has 0 aliphatic rings. The molecule has 0 saturated heterocycles. The highest BCUT2D eigenvalue weighted by Gasteiger charge is 2.25. The highest BCUT2D eigenvalue weighted by atomic mass is 16.3. The maximum atomic E-state index is 10.3. The molecule has 0 unspecified atom stereocenters. The lowest BCUT2D eigenvalue weighted by Gasteiger charge is -2.16. The minimum absolute atomic E-state index is 0.0666. The summed E-state index contributed by atoms with van der Waals surface area (Å²) in [7, 11) is 0. The summed E-state index contributed by atoms with van der Waals surface area (Å²) in [6, 6.07) is 9.73. The Morgan fingerprint density at radius 1 is 1.17 bits per heavy atom. The van der Waals surface area contributed by atoms with Crippen molar-refractivity contribution in [2.75, 3.05) is 0 Å². The molecule has 3 nitrogen and oxygen atoms in total. The molecule has 1 aromatic heterocycles. The number of para-hydroxylation sites is 1. The van der Waals surface area contributed by atoms with Crippen LogP contribution in [0.5, 0.6) is 5.88 Å². The molecule has 96 valence electrons. The van der Waals surface area contributed by atoms with Gasteiger partial charge in [-0.3, -0.25) is 0 Å². The van der Waals surface area contributed by atoms with Gasteiger partial charge in [-0.1, -0.05) is 45.9 Å². The molecular formula is C15H20N2O. The Kier molecular flexibility index (Phi) is 3.16. The van der Waals surface area contributed by atoms with Crippen LogP contribution < -0.4 is 0 Å². The maximum Gasteiger partial charge on any atom is 0.217 e. The lowest BCUT2D eigenvalue weighted by atomic mass is 9.89. The van der Waals surface area contributed by atoms with E-state index in [0.717, 1.165) is 23.4 Å². The van der Waals surface area contributed by atoms with Gasteiger partial charge in [-0.2, -0.15) is 5.10 Å². The first-order chi connectivity index (χ1) is 8.45. The normalized spacial score (nSPS) is 11.8. The molecule has 0 saturated carbocycles. The van der Waals surface area contributed by atoms with E-state index in [1.165, 1.54) is 0 Å². The van der Waals surface area contributed by atoms with Crippen LogP contribution in [0.2, 0.25) is 0 Å². The molecule has 0 amide bonds. The van der Waals surface area contributed by atoms with Crippen molar-refractivity contribution < 1.29 is 5.11 Å². The molecule has 0 atom stereocenters. The van der Waals surface area contributed by atoms with Crippen LogP contribution in [0, 0.1) is 0 Å². The van der Waals surface area contributed by atoms with E-state index in [2.05, 4.69) is 25.9 Å². The van der Waals surface area contributed by atoms with Crippen LogP contribution in [0.25, 0.3) is 5.69 Å². The van der Waals surface area contributed by atoms with E-state index in [0.29, 0.717) is 0 Å². The van der Waals surface area contributed by atoms with Gasteiger partial charge in [-0.05, 0) is 18.6 Å². The highest BCUT2D eigenvalue weighted by Crippen LogP contribution is 2.32. The first-order valence-electron chi connectivity index (χ1n) is 6.32. The molecule has 18 heavy (non-hydrogen) atoms. The van der Waals surface area contributed by atoms with Gasteiger partial charge in [0.15, 0.2) is 0 Å². The number of hydrogen-bond donors (Lipinski definition) is 1. The minimum atomic E-state index is -0.0666. The molecule has 0 aliphatic carbocycles. The first-order valence-corrected chi connectivity index (χ1v) is 6.32. The van der Waals surface area contributed by atoms with Crippen LogP contribution in [-0.4, -0.2) is 14.9 Å². The summed E-state index contributed by atoms with van der Waals surface area (Å²) in [6.07, 6.45) is 0.783. The van der Waals surface area contributed by atoms with Crippen molar-refractivity contribution in [3.8, 4) is 11.6 Å². The fourth-order valence-electron chi connectivity index (χ4n) is 2.12. The average molecular weight is 244 g/mol. The zero-order chi connectivity index (χ0) is 13.3. The SMILES string of the molecule is CCc1c(C(C)(C)C)nn(-c2ccccc2)c1O. The predicted octanol–water partition coefficient (Wildman–Crippen LogP) is 3.44. The van der Waals surface area contributed by atoms with Crippen molar-refractivity contribution in [1.82, 2.24) is 9.78 Å². The summed E-state index contributed by atoms with van der Waals surface area (Å²) in [4.78, 5) is 0. The van der Waals surface area contributed by atoms with Crippen molar-refractivity contribution in [3.05, 3.63) is 41.6 Å². The molecule has 2 rings (SSSR count). The first kappa shape index (κ1) is 12.7. The summed E-state index contributed by atoms with van der Waals surface area (Å²) in [6.45, 7) is 8.39. The van der Waals surface area contributed by atoms with Crippen molar-refractivity contribution in [2.24, 2.45) is 0 Å². The van der Waals surface area contributed by atoms with Gasteiger partial charge in [0.1, 0.15) is 0 Å². The molecule has 0 aliphatic heterocycles. The monoisotopic (exact) mass is 244 g/mol. The average Bonchev–Trinajstić information content (AvgIpc) is 2.67. The topological polar surface area (TPSA) is 38.0 Å². The molecule has 0 spiro atoms. The number of aromatic nitrogens is 2. The van der Waals surface area contributed by atoms with Crippen molar-refractivity contribution in [2.45, 2.75) is 39.5 Å². The van der Waals surface area contributed by atoms with Crippen molar-refractivity contribution in [3.63, 3.8) is 0 Å². The zero-order valence-corrected chi connectivity index (χ0v) is 11.4. The summed E-state index contributed by atoms with van der Waals surface area (Å²) in [5, 5.41) is 14.9. The summed E-state index contributed by atoms with van der Waals surface area (Å²) < 4.78 is 1.62. The molecule has 1 N–H and O–H groups in total. The van der Waals surface area contributed by atoms with Gasteiger partial charge >= 0.3 is 0 Å². The van der Waals surface area contributed by atoms with E-state index in [4.69, 9.17) is 0 Å². The van der Waals surface area contributed by atoms with E-state index in [-0.39, 0.29) is 11.3 Å². The molecule has 3 heteroatoms. The van der Waals surface area contributed by atoms with Gasteiger partial charge in [0, 0.05) is 11.0 Å². The maximum absolute atomic E-state index is 10.3. The Morgan fingerprint density at radius 3 is 2.22 bits per heavy atom. The Balaban J connectivity index is 2.61. The molecule has 0 radical (unpaired) electrons. The van der Waals surface area contributed by atoms with Crippen LogP contribution in [-0.2, 0) is 11.8 Å². The third kappa shape index (κ3) is 2.13. The van der Waals surface area contributed by atoms with Gasteiger partial charge in [-0.25, -0.2) is 4.68 Å². The van der Waals surface area contributed by atoms with Crippen molar-refractivity contribution in [1.29, 1.82) is 0 Å². The second kappa shape index (κ2) is 4.48. The predicted molar refractivity (Wildman–Crippen MR) is 73.3 cm³/mol. The van der Waals surface area contributed by atoms with Crippen LogP contribution in [0.1, 0.15) is 39.0 Å².